The van der Waals surface area contributed by atoms with Gasteiger partial charge in [0.1, 0.15) is 4.60 Å². The van der Waals surface area contributed by atoms with Crippen LogP contribution in [-0.4, -0.2) is 16.6 Å². The van der Waals surface area contributed by atoms with Gasteiger partial charge in [0.2, 0.25) is 0 Å². The van der Waals surface area contributed by atoms with E-state index in [9.17, 15) is 0 Å². The Kier molecular flexibility index (Phi) is 4.34. The quantitative estimate of drug-likeness (QED) is 0.846. The lowest BCUT2D eigenvalue weighted by Gasteiger charge is -2.18. The normalized spacial score (nSPS) is 11.0. The molecule has 2 rings (SSSR count). The molecule has 90 valence electrons. The summed E-state index contributed by atoms with van der Waals surface area (Å²) in [7, 11) is 0. The summed E-state index contributed by atoms with van der Waals surface area (Å²) in [5.41, 5.74) is 1.31. The molecule has 0 aliphatic rings. The molecule has 0 spiro atoms. The Bertz CT molecular complexity index is 455. The van der Waals surface area contributed by atoms with E-state index in [1.165, 1.54) is 5.56 Å². The second kappa shape index (κ2) is 5.98. The van der Waals surface area contributed by atoms with Gasteiger partial charge < -0.3 is 4.52 Å². The number of rotatable bonds is 5. The second-order valence-electron chi connectivity index (χ2n) is 3.90. The van der Waals surface area contributed by atoms with Crippen molar-refractivity contribution in [3.05, 3.63) is 52.3 Å². The molecular weight excluding hydrogens is 280 g/mol. The van der Waals surface area contributed by atoms with Gasteiger partial charge in [0.15, 0.2) is 5.76 Å². The first-order chi connectivity index (χ1) is 8.28. The zero-order chi connectivity index (χ0) is 12.1. The predicted octanol–water partition coefficient (Wildman–Crippen LogP) is 3.46. The van der Waals surface area contributed by atoms with Gasteiger partial charge in [-0.05, 0) is 28.0 Å². The van der Waals surface area contributed by atoms with Crippen LogP contribution in [0.25, 0.3) is 0 Å². The molecule has 1 aromatic carbocycles. The molecule has 0 N–H and O–H groups in total. The fourth-order valence-corrected chi connectivity index (χ4v) is 2.03. The number of nitrogens with zero attached hydrogens (tertiary/aromatic N) is 2. The number of halogens is 1. The number of hydrogen-bond donors (Lipinski definition) is 0. The van der Waals surface area contributed by atoms with Crippen molar-refractivity contribution in [2.45, 2.75) is 20.0 Å². The Balaban J connectivity index is 1.98. The lowest BCUT2D eigenvalue weighted by atomic mass is 10.2. The molecular formula is C13H15BrN2O. The van der Waals surface area contributed by atoms with E-state index < -0.39 is 0 Å². The highest BCUT2D eigenvalue weighted by Gasteiger charge is 2.08. The Hall–Kier alpha value is -1.13. The lowest BCUT2D eigenvalue weighted by molar-refractivity contribution is 0.233. The molecule has 0 aliphatic carbocycles. The third kappa shape index (κ3) is 3.68. The molecule has 1 aromatic heterocycles. The van der Waals surface area contributed by atoms with E-state index in [1.807, 2.05) is 12.1 Å². The van der Waals surface area contributed by atoms with Gasteiger partial charge in [-0.3, -0.25) is 4.90 Å². The Morgan fingerprint density at radius 1 is 1.24 bits per heavy atom. The molecule has 0 saturated carbocycles. The van der Waals surface area contributed by atoms with Crippen LogP contribution in [0.1, 0.15) is 18.2 Å². The van der Waals surface area contributed by atoms with Crippen LogP contribution < -0.4 is 0 Å². The summed E-state index contributed by atoms with van der Waals surface area (Å²) in [4.78, 5) is 2.31. The van der Waals surface area contributed by atoms with E-state index in [4.69, 9.17) is 4.52 Å². The maximum absolute atomic E-state index is 5.20. The van der Waals surface area contributed by atoms with Crippen molar-refractivity contribution in [2.75, 3.05) is 6.54 Å². The molecule has 0 amide bonds. The largest absolute Gasteiger partial charge is 0.359 e. The molecule has 0 saturated heterocycles. The van der Waals surface area contributed by atoms with Crippen LogP contribution in [0.3, 0.4) is 0 Å². The average Bonchev–Trinajstić information content (AvgIpc) is 2.75. The summed E-state index contributed by atoms with van der Waals surface area (Å²) >= 11 is 3.29. The van der Waals surface area contributed by atoms with Gasteiger partial charge in [-0.1, -0.05) is 42.4 Å². The zero-order valence-electron chi connectivity index (χ0n) is 9.77. The third-order valence-electron chi connectivity index (χ3n) is 2.61. The van der Waals surface area contributed by atoms with Crippen LogP contribution in [0.2, 0.25) is 0 Å². The summed E-state index contributed by atoms with van der Waals surface area (Å²) in [5, 5.41) is 3.83. The molecule has 0 bridgehead atoms. The number of hydrogen-bond acceptors (Lipinski definition) is 3. The monoisotopic (exact) mass is 294 g/mol. The van der Waals surface area contributed by atoms with Crippen molar-refractivity contribution in [2.24, 2.45) is 0 Å². The molecule has 0 radical (unpaired) electrons. The van der Waals surface area contributed by atoms with Gasteiger partial charge in [-0.25, -0.2) is 0 Å². The van der Waals surface area contributed by atoms with Crippen LogP contribution in [0, 0.1) is 0 Å². The zero-order valence-corrected chi connectivity index (χ0v) is 11.4. The molecule has 0 atom stereocenters. The number of aromatic nitrogens is 1. The van der Waals surface area contributed by atoms with Crippen LogP contribution in [0.4, 0.5) is 0 Å². The minimum atomic E-state index is 0.753. The second-order valence-corrected chi connectivity index (χ2v) is 4.72. The van der Waals surface area contributed by atoms with Gasteiger partial charge in [0, 0.05) is 12.6 Å². The topological polar surface area (TPSA) is 29.3 Å². The van der Waals surface area contributed by atoms with E-state index in [-0.39, 0.29) is 0 Å². The van der Waals surface area contributed by atoms with E-state index in [2.05, 4.69) is 57.2 Å². The third-order valence-corrected chi connectivity index (χ3v) is 2.98. The van der Waals surface area contributed by atoms with Crippen LogP contribution in [0.15, 0.2) is 45.5 Å². The minimum absolute atomic E-state index is 0.753. The summed E-state index contributed by atoms with van der Waals surface area (Å²) in [5.74, 6) is 0.884. The molecule has 0 unspecified atom stereocenters. The van der Waals surface area contributed by atoms with E-state index in [0.29, 0.717) is 0 Å². The minimum Gasteiger partial charge on any atom is -0.359 e. The van der Waals surface area contributed by atoms with Gasteiger partial charge in [-0.15, -0.1) is 0 Å². The van der Waals surface area contributed by atoms with E-state index in [0.717, 1.165) is 30.0 Å². The molecule has 0 fully saturated rings. The first kappa shape index (κ1) is 12.3. The van der Waals surface area contributed by atoms with Gasteiger partial charge in [0.25, 0.3) is 0 Å². The summed E-state index contributed by atoms with van der Waals surface area (Å²) in [6, 6.07) is 12.3. The fraction of sp³-hybridized carbons (Fsp3) is 0.308. The first-order valence-corrected chi connectivity index (χ1v) is 6.44. The lowest BCUT2D eigenvalue weighted by Crippen LogP contribution is -2.21. The molecule has 4 heteroatoms. The van der Waals surface area contributed by atoms with Crippen LogP contribution in [0.5, 0.6) is 0 Å². The smallest absolute Gasteiger partial charge is 0.151 e. The summed E-state index contributed by atoms with van der Waals surface area (Å²) in [6.07, 6.45) is 0. The van der Waals surface area contributed by atoms with Crippen LogP contribution in [-0.2, 0) is 13.1 Å². The van der Waals surface area contributed by atoms with Crippen molar-refractivity contribution in [1.29, 1.82) is 0 Å². The van der Waals surface area contributed by atoms with Crippen molar-refractivity contribution in [1.82, 2.24) is 10.1 Å². The van der Waals surface area contributed by atoms with Crippen molar-refractivity contribution in [3.63, 3.8) is 0 Å². The standard InChI is InChI=1S/C13H15BrN2O/c1-2-16(9-11-6-4-3-5-7-11)10-12-8-13(14)15-17-12/h3-8H,2,9-10H2,1H3. The van der Waals surface area contributed by atoms with Crippen molar-refractivity contribution in [3.8, 4) is 0 Å². The van der Waals surface area contributed by atoms with Gasteiger partial charge in [0.05, 0.1) is 6.54 Å². The average molecular weight is 295 g/mol. The first-order valence-electron chi connectivity index (χ1n) is 5.65. The Morgan fingerprint density at radius 3 is 2.59 bits per heavy atom. The SMILES string of the molecule is CCN(Cc1ccccc1)Cc1cc(Br)no1. The van der Waals surface area contributed by atoms with Crippen molar-refractivity contribution < 1.29 is 4.52 Å². The van der Waals surface area contributed by atoms with Crippen LogP contribution >= 0.6 is 15.9 Å². The number of benzene rings is 1. The molecule has 0 aliphatic heterocycles. The Morgan fingerprint density at radius 2 is 2.00 bits per heavy atom. The van der Waals surface area contributed by atoms with Gasteiger partial charge in [-0.2, -0.15) is 0 Å². The summed E-state index contributed by atoms with van der Waals surface area (Å²) in [6.45, 7) is 4.83. The highest BCUT2D eigenvalue weighted by atomic mass is 79.9. The van der Waals surface area contributed by atoms with Gasteiger partial charge >= 0.3 is 0 Å². The summed E-state index contributed by atoms with van der Waals surface area (Å²) < 4.78 is 5.95. The highest BCUT2D eigenvalue weighted by Crippen LogP contribution is 2.13. The highest BCUT2D eigenvalue weighted by molar-refractivity contribution is 9.10. The molecule has 17 heavy (non-hydrogen) atoms. The molecule has 3 nitrogen and oxygen atoms in total. The maximum atomic E-state index is 5.20. The van der Waals surface area contributed by atoms with E-state index in [1.54, 1.807) is 0 Å². The van der Waals surface area contributed by atoms with E-state index >= 15 is 0 Å². The molecule has 1 heterocycles. The molecule has 2 aromatic rings. The van der Waals surface area contributed by atoms with Crippen molar-refractivity contribution >= 4 is 15.9 Å². The Labute approximate surface area is 110 Å². The maximum Gasteiger partial charge on any atom is 0.151 e. The fourth-order valence-electron chi connectivity index (χ4n) is 1.70. The predicted molar refractivity (Wildman–Crippen MR) is 70.4 cm³/mol.